The molecule has 1 atom stereocenters. The molecule has 1 unspecified atom stereocenters. The van der Waals surface area contributed by atoms with Crippen LogP contribution < -0.4 is 10.5 Å². The summed E-state index contributed by atoms with van der Waals surface area (Å²) in [7, 11) is -3.49. The molecule has 0 saturated carbocycles. The molecule has 118 valence electrons. The molecule has 0 bridgehead atoms. The van der Waals surface area contributed by atoms with E-state index in [1.54, 1.807) is 6.07 Å². The number of thioether (sulfide) groups is 1. The van der Waals surface area contributed by atoms with Crippen LogP contribution >= 0.6 is 11.8 Å². The first kappa shape index (κ1) is 16.8. The summed E-state index contributed by atoms with van der Waals surface area (Å²) in [6.07, 6.45) is 2.21. The van der Waals surface area contributed by atoms with Crippen molar-refractivity contribution in [3.63, 3.8) is 0 Å². The summed E-state index contributed by atoms with van der Waals surface area (Å²) in [4.78, 5) is 0.356. The van der Waals surface area contributed by atoms with Crippen LogP contribution in [0.1, 0.15) is 36.5 Å². The Bertz CT molecular complexity index is 621. The van der Waals surface area contributed by atoms with Crippen LogP contribution in [0.15, 0.2) is 17.0 Å². The van der Waals surface area contributed by atoms with Crippen LogP contribution in [-0.2, 0) is 16.6 Å². The Morgan fingerprint density at radius 3 is 2.67 bits per heavy atom. The highest BCUT2D eigenvalue weighted by Gasteiger charge is 2.31. The second-order valence-corrected chi connectivity index (χ2v) is 9.38. The van der Waals surface area contributed by atoms with Gasteiger partial charge in [0.25, 0.3) is 0 Å². The van der Waals surface area contributed by atoms with Gasteiger partial charge in [0, 0.05) is 17.8 Å². The number of nitrogens with two attached hydrogens (primary N) is 1. The normalized spacial score (nSPS) is 22.7. The molecule has 0 aliphatic carbocycles. The van der Waals surface area contributed by atoms with Gasteiger partial charge >= 0.3 is 0 Å². The van der Waals surface area contributed by atoms with Crippen LogP contribution in [0.5, 0.6) is 0 Å². The third-order valence-electron chi connectivity index (χ3n) is 4.14. The minimum atomic E-state index is -3.49. The average Bonchev–Trinajstić information content (AvgIpc) is 2.87. The summed E-state index contributed by atoms with van der Waals surface area (Å²) < 4.78 is 28.0. The Labute approximate surface area is 131 Å². The zero-order valence-corrected chi connectivity index (χ0v) is 14.5. The topological polar surface area (TPSA) is 72.2 Å². The van der Waals surface area contributed by atoms with Crippen molar-refractivity contribution in [1.29, 1.82) is 0 Å². The lowest BCUT2D eigenvalue weighted by Gasteiger charge is -2.23. The van der Waals surface area contributed by atoms with Crippen LogP contribution in [0.3, 0.4) is 0 Å². The second-order valence-electron chi connectivity index (χ2n) is 5.97. The Morgan fingerprint density at radius 1 is 1.38 bits per heavy atom. The lowest BCUT2D eigenvalue weighted by molar-refractivity contribution is 0.552. The van der Waals surface area contributed by atoms with Gasteiger partial charge in [-0.05, 0) is 62.1 Å². The van der Waals surface area contributed by atoms with Crippen LogP contribution in [0.25, 0.3) is 0 Å². The molecule has 4 nitrogen and oxygen atoms in total. The van der Waals surface area contributed by atoms with E-state index >= 15 is 0 Å². The molecule has 1 aromatic carbocycles. The highest BCUT2D eigenvalue weighted by molar-refractivity contribution is 8.01. The molecular formula is C15H24N2O2S2. The highest BCUT2D eigenvalue weighted by atomic mass is 32.2. The number of sulfonamides is 1. The number of hydrogen-bond donors (Lipinski definition) is 2. The number of benzene rings is 1. The van der Waals surface area contributed by atoms with Crippen molar-refractivity contribution in [3.8, 4) is 0 Å². The Balaban J connectivity index is 2.25. The van der Waals surface area contributed by atoms with Gasteiger partial charge in [0.15, 0.2) is 0 Å². The van der Waals surface area contributed by atoms with Crippen molar-refractivity contribution in [2.24, 2.45) is 5.73 Å². The van der Waals surface area contributed by atoms with E-state index < -0.39 is 10.0 Å². The van der Waals surface area contributed by atoms with Crippen molar-refractivity contribution in [3.05, 3.63) is 28.8 Å². The molecule has 1 saturated heterocycles. The van der Waals surface area contributed by atoms with Crippen LogP contribution in [0, 0.1) is 13.8 Å². The van der Waals surface area contributed by atoms with Crippen LogP contribution in [-0.4, -0.2) is 25.5 Å². The molecule has 6 heteroatoms. The minimum Gasteiger partial charge on any atom is -0.326 e. The largest absolute Gasteiger partial charge is 0.326 e. The Hall–Kier alpha value is -0.560. The lowest BCUT2D eigenvalue weighted by atomic mass is 10.1. The second kappa shape index (κ2) is 6.28. The first-order chi connectivity index (χ1) is 9.77. The number of aryl methyl sites for hydroxylation is 1. The quantitative estimate of drug-likeness (QED) is 0.870. The van der Waals surface area contributed by atoms with Crippen molar-refractivity contribution >= 4 is 21.8 Å². The van der Waals surface area contributed by atoms with E-state index in [0.29, 0.717) is 18.0 Å². The van der Waals surface area contributed by atoms with E-state index in [9.17, 15) is 8.42 Å². The first-order valence-electron chi connectivity index (χ1n) is 7.21. The molecule has 0 aromatic heterocycles. The smallest absolute Gasteiger partial charge is 0.240 e. The van der Waals surface area contributed by atoms with Gasteiger partial charge in [0.2, 0.25) is 10.0 Å². The van der Waals surface area contributed by atoms with Gasteiger partial charge in [-0.1, -0.05) is 6.07 Å². The predicted molar refractivity (Wildman–Crippen MR) is 89.1 cm³/mol. The van der Waals surface area contributed by atoms with Gasteiger partial charge in [-0.15, -0.1) is 0 Å². The SMILES string of the molecule is Cc1cc(CN)cc(S(=O)(=O)NCC2(C)CCCS2)c1C. The molecule has 1 fully saturated rings. The molecule has 0 spiro atoms. The standard InChI is InChI=1S/C15H24N2O2S2/c1-11-7-13(9-16)8-14(12(11)2)21(18,19)17-10-15(3)5-4-6-20-15/h7-8,17H,4-6,9-10,16H2,1-3H3. The Kier molecular flexibility index (Phi) is 5.03. The summed E-state index contributed by atoms with van der Waals surface area (Å²) in [6, 6.07) is 3.64. The third kappa shape index (κ3) is 3.80. The Morgan fingerprint density at radius 2 is 2.10 bits per heavy atom. The number of hydrogen-bond acceptors (Lipinski definition) is 4. The maximum atomic E-state index is 12.6. The van der Waals surface area contributed by atoms with Crippen molar-refractivity contribution < 1.29 is 8.42 Å². The van der Waals surface area contributed by atoms with Gasteiger partial charge in [-0.3, -0.25) is 0 Å². The number of rotatable bonds is 5. The summed E-state index contributed by atoms with van der Waals surface area (Å²) in [5.41, 5.74) is 8.26. The first-order valence-corrected chi connectivity index (χ1v) is 9.68. The maximum absolute atomic E-state index is 12.6. The number of nitrogens with one attached hydrogen (secondary N) is 1. The molecule has 0 radical (unpaired) electrons. The molecule has 1 aromatic rings. The lowest BCUT2D eigenvalue weighted by Crippen LogP contribution is -2.37. The van der Waals surface area contributed by atoms with E-state index in [2.05, 4.69) is 11.6 Å². The molecular weight excluding hydrogens is 304 g/mol. The van der Waals surface area contributed by atoms with Gasteiger partial charge in [0.1, 0.15) is 0 Å². The predicted octanol–water partition coefficient (Wildman–Crippen LogP) is 2.33. The van der Waals surface area contributed by atoms with E-state index in [4.69, 9.17) is 5.73 Å². The molecule has 1 aliphatic heterocycles. The monoisotopic (exact) mass is 328 g/mol. The van der Waals surface area contributed by atoms with Gasteiger partial charge in [-0.25, -0.2) is 13.1 Å². The molecule has 21 heavy (non-hydrogen) atoms. The van der Waals surface area contributed by atoms with E-state index in [1.165, 1.54) is 0 Å². The zero-order valence-electron chi connectivity index (χ0n) is 12.9. The zero-order chi connectivity index (χ0) is 15.7. The van der Waals surface area contributed by atoms with Crippen LogP contribution in [0.2, 0.25) is 0 Å². The van der Waals surface area contributed by atoms with Crippen LogP contribution in [0.4, 0.5) is 0 Å². The fourth-order valence-electron chi connectivity index (χ4n) is 2.60. The average molecular weight is 329 g/mol. The van der Waals surface area contributed by atoms with Crippen molar-refractivity contribution in [2.45, 2.75) is 49.8 Å². The molecule has 0 amide bonds. The van der Waals surface area contributed by atoms with E-state index in [1.807, 2.05) is 31.7 Å². The van der Waals surface area contributed by atoms with Gasteiger partial charge in [-0.2, -0.15) is 11.8 Å². The minimum absolute atomic E-state index is 0.0154. The highest BCUT2D eigenvalue weighted by Crippen LogP contribution is 2.37. The summed E-state index contributed by atoms with van der Waals surface area (Å²) in [6.45, 7) is 6.71. The fraction of sp³-hybridized carbons (Fsp3) is 0.600. The van der Waals surface area contributed by atoms with Gasteiger partial charge < -0.3 is 5.73 Å². The third-order valence-corrected chi connectivity index (χ3v) is 7.21. The molecule has 1 aliphatic rings. The molecule has 2 rings (SSSR count). The van der Waals surface area contributed by atoms with Gasteiger partial charge in [0.05, 0.1) is 4.90 Å². The summed E-state index contributed by atoms with van der Waals surface area (Å²) in [5, 5.41) is 0. The van der Waals surface area contributed by atoms with E-state index in [-0.39, 0.29) is 4.75 Å². The molecule has 3 N–H and O–H groups in total. The fourth-order valence-corrected chi connectivity index (χ4v) is 5.47. The summed E-state index contributed by atoms with van der Waals surface area (Å²) in [5.74, 6) is 1.11. The van der Waals surface area contributed by atoms with Crippen molar-refractivity contribution in [2.75, 3.05) is 12.3 Å². The molecule has 1 heterocycles. The summed E-state index contributed by atoms with van der Waals surface area (Å²) >= 11 is 1.85. The van der Waals surface area contributed by atoms with E-state index in [0.717, 1.165) is 35.3 Å². The maximum Gasteiger partial charge on any atom is 0.240 e. The van der Waals surface area contributed by atoms with Crippen molar-refractivity contribution in [1.82, 2.24) is 4.72 Å².